The first kappa shape index (κ1) is 22.9. The number of piperazine rings is 2. The van der Waals surface area contributed by atoms with Crippen LogP contribution in [0.3, 0.4) is 0 Å². The maximum absolute atomic E-state index is 6.90. The number of benzene rings is 1. The Hall–Kier alpha value is -2.26. The SMILES string of the molecule is CN1CCN(CCn2nc(N3CCN(C)CC3)c(/C(Cl)=C(\N)c3ccccc3)c2N)CC1. The number of nitrogens with two attached hydrogens (primary N) is 2. The van der Waals surface area contributed by atoms with Crippen molar-refractivity contribution in [1.82, 2.24) is 24.5 Å². The lowest BCUT2D eigenvalue weighted by Gasteiger charge is -2.33. The molecular weight excluding hydrogens is 424 g/mol. The summed E-state index contributed by atoms with van der Waals surface area (Å²) in [5, 5.41) is 5.41. The van der Waals surface area contributed by atoms with Crippen molar-refractivity contribution in [1.29, 1.82) is 0 Å². The number of nitrogen functional groups attached to an aromatic ring is 1. The van der Waals surface area contributed by atoms with Gasteiger partial charge in [-0.3, -0.25) is 4.90 Å². The molecule has 174 valence electrons. The molecule has 4 N–H and O–H groups in total. The fourth-order valence-corrected chi connectivity index (χ4v) is 4.56. The first-order chi connectivity index (χ1) is 15.4. The Morgan fingerprint density at radius 3 is 2.12 bits per heavy atom. The van der Waals surface area contributed by atoms with Crippen LogP contribution in [-0.2, 0) is 6.54 Å². The standard InChI is InChI=1S/C23H35ClN8/c1-28-8-12-30(13-9-28)14-17-32-22(26)19(20(24)21(25)18-6-4-3-5-7-18)23(27-32)31-15-10-29(2)11-16-31/h3-7H,8-17,25-26H2,1-2H3/b21-20+. The van der Waals surface area contributed by atoms with E-state index in [2.05, 4.69) is 33.7 Å². The van der Waals surface area contributed by atoms with E-state index < -0.39 is 0 Å². The quantitative estimate of drug-likeness (QED) is 0.678. The predicted molar refractivity (Wildman–Crippen MR) is 134 cm³/mol. The molecule has 0 unspecified atom stereocenters. The van der Waals surface area contributed by atoms with Crippen LogP contribution in [0.2, 0.25) is 0 Å². The van der Waals surface area contributed by atoms with Crippen molar-refractivity contribution in [2.75, 3.05) is 83.6 Å². The summed E-state index contributed by atoms with van der Waals surface area (Å²) in [6.07, 6.45) is 0. The molecule has 2 saturated heterocycles. The highest BCUT2D eigenvalue weighted by atomic mass is 35.5. The van der Waals surface area contributed by atoms with Gasteiger partial charge in [0.1, 0.15) is 5.82 Å². The van der Waals surface area contributed by atoms with E-state index in [4.69, 9.17) is 28.2 Å². The first-order valence-corrected chi connectivity index (χ1v) is 11.7. The summed E-state index contributed by atoms with van der Waals surface area (Å²) in [4.78, 5) is 9.42. The second-order valence-corrected chi connectivity index (χ2v) is 9.21. The van der Waals surface area contributed by atoms with E-state index >= 15 is 0 Å². The van der Waals surface area contributed by atoms with Crippen molar-refractivity contribution in [3.8, 4) is 0 Å². The molecule has 1 aromatic heterocycles. The lowest BCUT2D eigenvalue weighted by molar-refractivity contribution is 0.149. The molecule has 0 bridgehead atoms. The van der Waals surface area contributed by atoms with E-state index in [1.54, 1.807) is 0 Å². The lowest BCUT2D eigenvalue weighted by atomic mass is 10.1. The van der Waals surface area contributed by atoms with Crippen LogP contribution in [0.25, 0.3) is 10.7 Å². The van der Waals surface area contributed by atoms with Gasteiger partial charge in [0.15, 0.2) is 5.82 Å². The molecule has 3 heterocycles. The van der Waals surface area contributed by atoms with Gasteiger partial charge in [-0.15, -0.1) is 0 Å². The van der Waals surface area contributed by atoms with E-state index in [0.29, 0.717) is 16.5 Å². The molecule has 0 atom stereocenters. The Balaban J connectivity index is 1.64. The van der Waals surface area contributed by atoms with Gasteiger partial charge in [0.2, 0.25) is 0 Å². The number of halogens is 1. The van der Waals surface area contributed by atoms with Crippen molar-refractivity contribution in [2.24, 2.45) is 5.73 Å². The minimum Gasteiger partial charge on any atom is -0.397 e. The normalized spacial score (nSPS) is 19.9. The summed E-state index contributed by atoms with van der Waals surface area (Å²) in [6, 6.07) is 9.79. The molecule has 0 radical (unpaired) electrons. The van der Waals surface area contributed by atoms with Crippen molar-refractivity contribution in [3.63, 3.8) is 0 Å². The summed E-state index contributed by atoms with van der Waals surface area (Å²) >= 11 is 6.90. The molecule has 0 aliphatic carbocycles. The van der Waals surface area contributed by atoms with Crippen molar-refractivity contribution >= 4 is 34.0 Å². The summed E-state index contributed by atoms with van der Waals surface area (Å²) in [7, 11) is 4.31. The number of likely N-dealkylation sites (N-methyl/N-ethyl adjacent to an activating group) is 2. The molecule has 8 nitrogen and oxygen atoms in total. The van der Waals surface area contributed by atoms with Gasteiger partial charge in [0.25, 0.3) is 0 Å². The minimum atomic E-state index is 0.466. The van der Waals surface area contributed by atoms with Crippen LogP contribution >= 0.6 is 11.6 Å². The highest BCUT2D eigenvalue weighted by Crippen LogP contribution is 2.37. The molecular formula is C23H35ClN8. The zero-order valence-corrected chi connectivity index (χ0v) is 19.9. The third-order valence-electron chi connectivity index (χ3n) is 6.54. The van der Waals surface area contributed by atoms with Gasteiger partial charge in [-0.2, -0.15) is 5.10 Å². The van der Waals surface area contributed by atoms with Crippen LogP contribution in [0.4, 0.5) is 11.6 Å². The van der Waals surface area contributed by atoms with E-state index in [1.807, 2.05) is 35.0 Å². The molecule has 0 saturated carbocycles. The Kier molecular flexibility index (Phi) is 7.25. The van der Waals surface area contributed by atoms with Crippen LogP contribution in [0.15, 0.2) is 30.3 Å². The monoisotopic (exact) mass is 458 g/mol. The van der Waals surface area contributed by atoms with Crippen LogP contribution in [-0.4, -0.2) is 97.5 Å². The number of hydrogen-bond donors (Lipinski definition) is 2. The highest BCUT2D eigenvalue weighted by molar-refractivity contribution is 6.53. The first-order valence-electron chi connectivity index (χ1n) is 11.4. The maximum Gasteiger partial charge on any atom is 0.161 e. The zero-order valence-electron chi connectivity index (χ0n) is 19.2. The van der Waals surface area contributed by atoms with Crippen LogP contribution in [0.5, 0.6) is 0 Å². The van der Waals surface area contributed by atoms with Crippen LogP contribution < -0.4 is 16.4 Å². The molecule has 32 heavy (non-hydrogen) atoms. The second kappa shape index (κ2) is 10.1. The molecule has 2 aromatic rings. The Morgan fingerprint density at radius 1 is 0.906 bits per heavy atom. The van der Waals surface area contributed by atoms with Gasteiger partial charge in [0, 0.05) is 58.9 Å². The Labute approximate surface area is 196 Å². The lowest BCUT2D eigenvalue weighted by Crippen LogP contribution is -2.45. The fraction of sp³-hybridized carbons (Fsp3) is 0.522. The summed E-state index contributed by atoms with van der Waals surface area (Å²) in [6.45, 7) is 9.67. The van der Waals surface area contributed by atoms with E-state index in [9.17, 15) is 0 Å². The topological polar surface area (TPSA) is 82.8 Å². The molecule has 1 aromatic carbocycles. The maximum atomic E-state index is 6.90. The number of anilines is 2. The van der Waals surface area contributed by atoms with Crippen molar-refractivity contribution < 1.29 is 0 Å². The third kappa shape index (κ3) is 5.04. The molecule has 2 fully saturated rings. The average molecular weight is 459 g/mol. The number of nitrogens with zero attached hydrogens (tertiary/aromatic N) is 6. The van der Waals surface area contributed by atoms with E-state index in [-0.39, 0.29) is 0 Å². The van der Waals surface area contributed by atoms with Gasteiger partial charge in [-0.1, -0.05) is 41.9 Å². The molecule has 0 spiro atoms. The number of hydrogen-bond acceptors (Lipinski definition) is 7. The Bertz CT molecular complexity index is 925. The molecule has 9 heteroatoms. The zero-order chi connectivity index (χ0) is 22.7. The summed E-state index contributed by atoms with van der Waals surface area (Å²) < 4.78 is 1.90. The van der Waals surface area contributed by atoms with E-state index in [0.717, 1.165) is 82.4 Å². The van der Waals surface area contributed by atoms with Gasteiger partial charge < -0.3 is 26.2 Å². The smallest absolute Gasteiger partial charge is 0.161 e. The van der Waals surface area contributed by atoms with Gasteiger partial charge >= 0.3 is 0 Å². The van der Waals surface area contributed by atoms with Crippen LogP contribution in [0, 0.1) is 0 Å². The van der Waals surface area contributed by atoms with Crippen molar-refractivity contribution in [3.05, 3.63) is 41.5 Å². The van der Waals surface area contributed by atoms with Crippen molar-refractivity contribution in [2.45, 2.75) is 6.54 Å². The minimum absolute atomic E-state index is 0.466. The highest BCUT2D eigenvalue weighted by Gasteiger charge is 2.27. The van der Waals surface area contributed by atoms with E-state index in [1.165, 1.54) is 0 Å². The third-order valence-corrected chi connectivity index (χ3v) is 6.93. The number of aromatic nitrogens is 2. The molecule has 2 aliphatic heterocycles. The summed E-state index contributed by atoms with van der Waals surface area (Å²) in [5.74, 6) is 1.41. The second-order valence-electron chi connectivity index (χ2n) is 8.84. The predicted octanol–water partition coefficient (Wildman–Crippen LogP) is 1.49. The molecule has 4 rings (SSSR count). The average Bonchev–Trinajstić information content (AvgIpc) is 3.14. The molecule has 0 amide bonds. The fourth-order valence-electron chi connectivity index (χ4n) is 4.27. The number of rotatable bonds is 6. The summed E-state index contributed by atoms with van der Waals surface area (Å²) in [5.41, 5.74) is 15.3. The largest absolute Gasteiger partial charge is 0.397 e. The van der Waals surface area contributed by atoms with Crippen LogP contribution in [0.1, 0.15) is 11.1 Å². The molecule has 2 aliphatic rings. The van der Waals surface area contributed by atoms with Gasteiger partial charge in [0.05, 0.1) is 22.8 Å². The van der Waals surface area contributed by atoms with Gasteiger partial charge in [-0.25, -0.2) is 4.68 Å². The van der Waals surface area contributed by atoms with Gasteiger partial charge in [-0.05, 0) is 19.7 Å². The Morgan fingerprint density at radius 2 is 1.50 bits per heavy atom.